The van der Waals surface area contributed by atoms with Crippen LogP contribution in [0.2, 0.25) is 0 Å². The highest BCUT2D eigenvalue weighted by atomic mass is 19.4. The van der Waals surface area contributed by atoms with Crippen molar-refractivity contribution in [2.75, 3.05) is 11.5 Å². The van der Waals surface area contributed by atoms with Gasteiger partial charge in [-0.05, 0) is 29.3 Å². The van der Waals surface area contributed by atoms with Gasteiger partial charge in [0.1, 0.15) is 0 Å². The summed E-state index contributed by atoms with van der Waals surface area (Å²) in [4.78, 5) is 0. The second-order valence-corrected chi connectivity index (χ2v) is 5.93. The van der Waals surface area contributed by atoms with Crippen molar-refractivity contribution in [3.8, 4) is 11.1 Å². The number of hydrogen-bond acceptors (Lipinski definition) is 2. The normalized spacial score (nSPS) is 13.6. The summed E-state index contributed by atoms with van der Waals surface area (Å²) < 4.78 is 160. The molecule has 0 aliphatic carbocycles. The van der Waals surface area contributed by atoms with Crippen LogP contribution in [0.25, 0.3) is 11.1 Å². The molecule has 14 heteroatoms. The largest absolute Gasteiger partial charge is 0.419 e. The summed E-state index contributed by atoms with van der Waals surface area (Å²) in [5.74, 6) is 0. The van der Waals surface area contributed by atoms with Gasteiger partial charge in [-0.25, -0.2) is 0 Å². The Morgan fingerprint density at radius 1 is 0.500 bits per heavy atom. The summed E-state index contributed by atoms with van der Waals surface area (Å²) in [7, 11) is 0. The van der Waals surface area contributed by atoms with Crippen LogP contribution in [0.3, 0.4) is 0 Å². The summed E-state index contributed by atoms with van der Waals surface area (Å²) in [6.07, 6.45) is -23.2. The molecule has 0 atom stereocenters. The molecule has 0 saturated heterocycles. The zero-order valence-electron chi connectivity index (χ0n) is 14.0. The number of alkyl halides is 12. The lowest BCUT2D eigenvalue weighted by Crippen LogP contribution is -2.24. The van der Waals surface area contributed by atoms with Crippen molar-refractivity contribution >= 4 is 11.4 Å². The van der Waals surface area contributed by atoms with E-state index in [1.165, 1.54) is 0 Å². The van der Waals surface area contributed by atoms with E-state index in [9.17, 15) is 52.7 Å². The number of nitrogen functional groups attached to an aromatic ring is 2. The maximum Gasteiger partial charge on any atom is 0.419 e. The minimum absolute atomic E-state index is 0.0897. The molecule has 0 heterocycles. The third-order valence-electron chi connectivity index (χ3n) is 3.88. The van der Waals surface area contributed by atoms with Gasteiger partial charge in [0.15, 0.2) is 0 Å². The van der Waals surface area contributed by atoms with Crippen molar-refractivity contribution in [3.05, 3.63) is 46.5 Å². The predicted octanol–water partition coefficient (Wildman–Crippen LogP) is 6.59. The lowest BCUT2D eigenvalue weighted by atomic mass is 9.87. The van der Waals surface area contributed by atoms with E-state index in [0.717, 1.165) is 0 Å². The van der Waals surface area contributed by atoms with Gasteiger partial charge in [0.2, 0.25) is 0 Å². The first-order valence-corrected chi connectivity index (χ1v) is 7.41. The lowest BCUT2D eigenvalue weighted by Gasteiger charge is -2.25. The molecule has 0 fully saturated rings. The SMILES string of the molecule is Nc1ccc(-c2cc(C(F)(F)F)c(N)c(C(F)(F)F)c2C(F)(F)F)c(C(F)(F)F)c1. The molecule has 166 valence electrons. The van der Waals surface area contributed by atoms with Gasteiger partial charge in [-0.1, -0.05) is 6.07 Å². The molecule has 0 amide bonds. The smallest absolute Gasteiger partial charge is 0.399 e. The highest BCUT2D eigenvalue weighted by Gasteiger charge is 2.50. The molecule has 2 rings (SSSR count). The number of benzene rings is 2. The molecule has 2 nitrogen and oxygen atoms in total. The summed E-state index contributed by atoms with van der Waals surface area (Å²) in [5.41, 5.74) is -6.67. The molecule has 4 N–H and O–H groups in total. The lowest BCUT2D eigenvalue weighted by molar-refractivity contribution is -0.162. The Morgan fingerprint density at radius 3 is 1.37 bits per heavy atom. The van der Waals surface area contributed by atoms with Crippen LogP contribution in [0.4, 0.5) is 64.1 Å². The van der Waals surface area contributed by atoms with Crippen LogP contribution >= 0.6 is 0 Å². The number of anilines is 2. The average molecular weight is 456 g/mol. The van der Waals surface area contributed by atoms with E-state index in [0.29, 0.717) is 6.07 Å². The van der Waals surface area contributed by atoms with Crippen LogP contribution in [0, 0.1) is 0 Å². The fourth-order valence-electron chi connectivity index (χ4n) is 2.77. The maximum absolute atomic E-state index is 13.5. The first-order valence-electron chi connectivity index (χ1n) is 7.41. The Balaban J connectivity index is 3.19. The Bertz CT molecular complexity index is 965. The number of halogens is 12. The molecule has 2 aromatic carbocycles. The van der Waals surface area contributed by atoms with Gasteiger partial charge in [0, 0.05) is 5.69 Å². The number of nitrogens with two attached hydrogens (primary N) is 2. The fraction of sp³-hybridized carbons (Fsp3) is 0.250. The molecule has 0 saturated carbocycles. The molecular weight excluding hydrogens is 448 g/mol. The highest BCUT2D eigenvalue weighted by Crippen LogP contribution is 2.52. The van der Waals surface area contributed by atoms with Gasteiger partial charge in [0.25, 0.3) is 0 Å². The maximum atomic E-state index is 13.5. The molecule has 0 aliphatic rings. The van der Waals surface area contributed by atoms with Gasteiger partial charge in [-0.3, -0.25) is 0 Å². The number of hydrogen-bond donors (Lipinski definition) is 2. The van der Waals surface area contributed by atoms with E-state index in [1.807, 2.05) is 0 Å². The Hall–Kier alpha value is -2.80. The minimum atomic E-state index is -6.07. The van der Waals surface area contributed by atoms with E-state index in [4.69, 9.17) is 11.5 Å². The molecule has 30 heavy (non-hydrogen) atoms. The van der Waals surface area contributed by atoms with Crippen LogP contribution < -0.4 is 11.5 Å². The summed E-state index contributed by atoms with van der Waals surface area (Å²) >= 11 is 0. The first-order chi connectivity index (χ1) is 13.3. The van der Waals surface area contributed by atoms with E-state index in [1.54, 1.807) is 0 Å². The molecule has 0 aromatic heterocycles. The van der Waals surface area contributed by atoms with Crippen LogP contribution in [0.1, 0.15) is 22.3 Å². The molecule has 0 unspecified atom stereocenters. The Kier molecular flexibility index (Phi) is 5.38. The zero-order chi connectivity index (χ0) is 23.4. The monoisotopic (exact) mass is 456 g/mol. The highest BCUT2D eigenvalue weighted by molar-refractivity contribution is 5.80. The van der Waals surface area contributed by atoms with Crippen molar-refractivity contribution in [3.63, 3.8) is 0 Å². The Morgan fingerprint density at radius 2 is 0.967 bits per heavy atom. The van der Waals surface area contributed by atoms with Crippen LogP contribution in [-0.2, 0) is 24.7 Å². The van der Waals surface area contributed by atoms with E-state index in [-0.39, 0.29) is 12.1 Å². The zero-order valence-corrected chi connectivity index (χ0v) is 14.0. The van der Waals surface area contributed by atoms with Gasteiger partial charge in [0.05, 0.1) is 27.9 Å². The standard InChI is InChI=1S/C16H8F12N2/c17-13(18,19)8-3-5(29)1-2-6(8)7-4-9(14(20,21)22)12(30)11(16(26,27)28)10(7)15(23,24)25/h1-4H,29-30H2. The van der Waals surface area contributed by atoms with E-state index in [2.05, 4.69) is 0 Å². The van der Waals surface area contributed by atoms with Crippen LogP contribution in [-0.4, -0.2) is 0 Å². The third-order valence-corrected chi connectivity index (χ3v) is 3.88. The molecule has 2 aromatic rings. The van der Waals surface area contributed by atoms with Gasteiger partial charge >= 0.3 is 24.7 Å². The Labute approximate surface area is 159 Å². The minimum Gasteiger partial charge on any atom is -0.399 e. The van der Waals surface area contributed by atoms with Crippen molar-refractivity contribution in [2.24, 2.45) is 0 Å². The second kappa shape index (κ2) is 6.87. The van der Waals surface area contributed by atoms with E-state index < -0.39 is 75.5 Å². The van der Waals surface area contributed by atoms with E-state index >= 15 is 0 Å². The second-order valence-electron chi connectivity index (χ2n) is 5.93. The molecular formula is C16H8F12N2. The quantitative estimate of drug-likeness (QED) is 0.376. The van der Waals surface area contributed by atoms with Crippen molar-refractivity contribution in [2.45, 2.75) is 24.7 Å². The molecule has 0 radical (unpaired) electrons. The number of rotatable bonds is 1. The van der Waals surface area contributed by atoms with Crippen LogP contribution in [0.5, 0.6) is 0 Å². The van der Waals surface area contributed by atoms with Crippen molar-refractivity contribution in [1.29, 1.82) is 0 Å². The molecule has 0 bridgehead atoms. The van der Waals surface area contributed by atoms with Gasteiger partial charge in [-0.15, -0.1) is 0 Å². The topological polar surface area (TPSA) is 52.0 Å². The van der Waals surface area contributed by atoms with Crippen molar-refractivity contribution < 1.29 is 52.7 Å². The summed E-state index contributed by atoms with van der Waals surface area (Å²) in [6, 6.07) is 0.446. The summed E-state index contributed by atoms with van der Waals surface area (Å²) in [5, 5.41) is 0. The van der Waals surface area contributed by atoms with Gasteiger partial charge < -0.3 is 11.5 Å². The molecule has 0 spiro atoms. The fourth-order valence-corrected chi connectivity index (χ4v) is 2.77. The first kappa shape index (κ1) is 23.5. The molecule has 0 aliphatic heterocycles. The van der Waals surface area contributed by atoms with Gasteiger partial charge in [-0.2, -0.15) is 52.7 Å². The van der Waals surface area contributed by atoms with Crippen LogP contribution in [0.15, 0.2) is 24.3 Å². The predicted molar refractivity (Wildman–Crippen MR) is 80.7 cm³/mol. The summed E-state index contributed by atoms with van der Waals surface area (Å²) in [6.45, 7) is 0. The average Bonchev–Trinajstić information content (AvgIpc) is 2.50. The van der Waals surface area contributed by atoms with Crippen molar-refractivity contribution in [1.82, 2.24) is 0 Å². The third kappa shape index (κ3) is 4.36.